The number of carbonyl (C=O) groups excluding carboxylic acids is 1. The Hall–Kier alpha value is -2.76. The second kappa shape index (κ2) is 5.26. The fraction of sp³-hybridized carbons (Fsp3) is 0.0769. The van der Waals surface area contributed by atoms with Gasteiger partial charge in [-0.3, -0.25) is 4.79 Å². The summed E-state index contributed by atoms with van der Waals surface area (Å²) >= 11 is 0. The first-order valence-electron chi connectivity index (χ1n) is 5.50. The molecule has 6 heteroatoms. The number of nitrogens with one attached hydrogen (secondary N) is 1. The normalized spacial score (nSPS) is 9.95. The van der Waals surface area contributed by atoms with Gasteiger partial charge in [0.2, 0.25) is 0 Å². The van der Waals surface area contributed by atoms with Crippen molar-refractivity contribution in [1.82, 2.24) is 4.98 Å². The Morgan fingerprint density at radius 3 is 2.74 bits per heavy atom. The predicted octanol–water partition coefficient (Wildman–Crippen LogP) is 1.63. The molecule has 0 aliphatic carbocycles. The van der Waals surface area contributed by atoms with Gasteiger partial charge >= 0.3 is 0 Å². The summed E-state index contributed by atoms with van der Waals surface area (Å²) in [5.74, 6) is 0.250. The van der Waals surface area contributed by atoms with Crippen molar-refractivity contribution in [2.75, 3.05) is 18.2 Å². The number of pyridine rings is 1. The molecule has 98 valence electrons. The molecule has 0 unspecified atom stereocenters. The van der Waals surface area contributed by atoms with Crippen LogP contribution in [0.1, 0.15) is 10.4 Å². The standard InChI is InChI=1S/C13H13N3O3/c1-19-9-3-4-10(11(17)6-9)13(18)16-8-2-5-12(14)15-7-8/h2-7,17H,1H3,(H2,14,15)(H,16,18). The van der Waals surface area contributed by atoms with E-state index in [4.69, 9.17) is 10.5 Å². The van der Waals surface area contributed by atoms with Crippen LogP contribution in [0, 0.1) is 0 Å². The van der Waals surface area contributed by atoms with Crippen LogP contribution in [-0.2, 0) is 0 Å². The van der Waals surface area contributed by atoms with Gasteiger partial charge in [-0.1, -0.05) is 0 Å². The lowest BCUT2D eigenvalue weighted by molar-refractivity contribution is 0.102. The van der Waals surface area contributed by atoms with Crippen LogP contribution in [0.25, 0.3) is 0 Å². The summed E-state index contributed by atoms with van der Waals surface area (Å²) < 4.78 is 4.95. The monoisotopic (exact) mass is 259 g/mol. The first-order chi connectivity index (χ1) is 9.10. The summed E-state index contributed by atoms with van der Waals surface area (Å²) in [6, 6.07) is 7.64. The van der Waals surface area contributed by atoms with Crippen molar-refractivity contribution in [3.8, 4) is 11.5 Å². The van der Waals surface area contributed by atoms with E-state index >= 15 is 0 Å². The Morgan fingerprint density at radius 2 is 2.16 bits per heavy atom. The van der Waals surface area contributed by atoms with Gasteiger partial charge in [0.25, 0.3) is 5.91 Å². The van der Waals surface area contributed by atoms with Crippen LogP contribution in [-0.4, -0.2) is 23.1 Å². The average molecular weight is 259 g/mol. The molecule has 2 rings (SSSR count). The van der Waals surface area contributed by atoms with E-state index < -0.39 is 5.91 Å². The van der Waals surface area contributed by atoms with Gasteiger partial charge < -0.3 is 20.9 Å². The third kappa shape index (κ3) is 2.92. The molecule has 0 bridgehead atoms. The molecule has 0 spiro atoms. The highest BCUT2D eigenvalue weighted by Crippen LogP contribution is 2.24. The van der Waals surface area contributed by atoms with Gasteiger partial charge in [-0.2, -0.15) is 0 Å². The Bertz CT molecular complexity index is 597. The van der Waals surface area contributed by atoms with Gasteiger partial charge in [-0.05, 0) is 24.3 Å². The molecule has 0 radical (unpaired) electrons. The highest BCUT2D eigenvalue weighted by molar-refractivity contribution is 6.06. The van der Waals surface area contributed by atoms with Crippen molar-refractivity contribution < 1.29 is 14.6 Å². The fourth-order valence-electron chi connectivity index (χ4n) is 1.51. The number of ether oxygens (including phenoxy) is 1. The summed E-state index contributed by atoms with van der Waals surface area (Å²) in [5.41, 5.74) is 6.09. The van der Waals surface area contributed by atoms with Crippen molar-refractivity contribution in [1.29, 1.82) is 0 Å². The summed E-state index contributed by atoms with van der Waals surface area (Å²) in [5, 5.41) is 12.3. The van der Waals surface area contributed by atoms with Gasteiger partial charge in [0.05, 0.1) is 24.6 Å². The maximum absolute atomic E-state index is 11.9. The number of benzene rings is 1. The van der Waals surface area contributed by atoms with Crippen LogP contribution in [0.2, 0.25) is 0 Å². The molecule has 0 aliphatic rings. The number of hydrogen-bond acceptors (Lipinski definition) is 5. The quantitative estimate of drug-likeness (QED) is 0.778. The largest absolute Gasteiger partial charge is 0.507 e. The van der Waals surface area contributed by atoms with Crippen molar-refractivity contribution in [3.63, 3.8) is 0 Å². The smallest absolute Gasteiger partial charge is 0.259 e. The third-order valence-electron chi connectivity index (χ3n) is 2.49. The Morgan fingerprint density at radius 1 is 1.37 bits per heavy atom. The van der Waals surface area contributed by atoms with E-state index in [0.717, 1.165) is 0 Å². The minimum atomic E-state index is -0.438. The lowest BCUT2D eigenvalue weighted by Crippen LogP contribution is -2.12. The molecule has 0 atom stereocenters. The number of aromatic hydroxyl groups is 1. The van der Waals surface area contributed by atoms with Gasteiger partial charge in [0.15, 0.2) is 0 Å². The zero-order valence-electron chi connectivity index (χ0n) is 10.3. The van der Waals surface area contributed by atoms with E-state index in [1.165, 1.54) is 25.4 Å². The maximum Gasteiger partial charge on any atom is 0.259 e. The summed E-state index contributed by atoms with van der Waals surface area (Å²) in [4.78, 5) is 15.8. The highest BCUT2D eigenvalue weighted by atomic mass is 16.5. The van der Waals surface area contributed by atoms with Crippen molar-refractivity contribution in [2.45, 2.75) is 0 Å². The van der Waals surface area contributed by atoms with E-state index in [2.05, 4.69) is 10.3 Å². The lowest BCUT2D eigenvalue weighted by atomic mass is 10.1. The van der Waals surface area contributed by atoms with Crippen molar-refractivity contribution >= 4 is 17.4 Å². The van der Waals surface area contributed by atoms with Gasteiger partial charge in [0.1, 0.15) is 17.3 Å². The number of phenols is 1. The van der Waals surface area contributed by atoms with Gasteiger partial charge in [-0.25, -0.2) is 4.98 Å². The number of hydrogen-bond donors (Lipinski definition) is 3. The van der Waals surface area contributed by atoms with Crippen LogP contribution < -0.4 is 15.8 Å². The molecular formula is C13H13N3O3. The zero-order valence-corrected chi connectivity index (χ0v) is 10.3. The summed E-state index contributed by atoms with van der Waals surface area (Å²) in [7, 11) is 1.48. The topological polar surface area (TPSA) is 97.5 Å². The van der Waals surface area contributed by atoms with Crippen LogP contribution >= 0.6 is 0 Å². The molecule has 1 heterocycles. The van der Waals surface area contributed by atoms with Crippen LogP contribution in [0.5, 0.6) is 11.5 Å². The minimum Gasteiger partial charge on any atom is -0.507 e. The van der Waals surface area contributed by atoms with E-state index in [0.29, 0.717) is 17.3 Å². The Kier molecular flexibility index (Phi) is 3.51. The molecule has 0 saturated heterocycles. The molecule has 1 aromatic carbocycles. The molecule has 1 aromatic heterocycles. The molecular weight excluding hydrogens is 246 g/mol. The lowest BCUT2D eigenvalue weighted by Gasteiger charge is -2.08. The number of nitrogens with two attached hydrogens (primary N) is 1. The van der Waals surface area contributed by atoms with Gasteiger partial charge in [-0.15, -0.1) is 0 Å². The van der Waals surface area contributed by atoms with E-state index in [-0.39, 0.29) is 11.3 Å². The number of methoxy groups -OCH3 is 1. The Labute approximate surface area is 109 Å². The molecule has 0 aliphatic heterocycles. The number of aromatic nitrogens is 1. The molecule has 1 amide bonds. The molecule has 4 N–H and O–H groups in total. The number of anilines is 2. The van der Waals surface area contributed by atoms with Crippen molar-refractivity contribution in [3.05, 3.63) is 42.1 Å². The number of nitrogen functional groups attached to an aromatic ring is 1. The molecule has 0 fully saturated rings. The second-order valence-corrected chi connectivity index (χ2v) is 3.81. The summed E-state index contributed by atoms with van der Waals surface area (Å²) in [6.07, 6.45) is 1.44. The van der Waals surface area contributed by atoms with E-state index in [1.807, 2.05) is 0 Å². The number of phenolic OH excluding ortho intramolecular Hbond substituents is 1. The van der Waals surface area contributed by atoms with Crippen molar-refractivity contribution in [2.24, 2.45) is 0 Å². The number of carbonyl (C=O) groups is 1. The van der Waals surface area contributed by atoms with E-state index in [1.54, 1.807) is 18.2 Å². The predicted molar refractivity (Wildman–Crippen MR) is 71.3 cm³/mol. The first-order valence-corrected chi connectivity index (χ1v) is 5.50. The highest BCUT2D eigenvalue weighted by Gasteiger charge is 2.12. The molecule has 2 aromatic rings. The SMILES string of the molecule is COc1ccc(C(=O)Nc2ccc(N)nc2)c(O)c1. The van der Waals surface area contributed by atoms with Crippen LogP contribution in [0.3, 0.4) is 0 Å². The number of amides is 1. The number of nitrogens with zero attached hydrogens (tertiary/aromatic N) is 1. The molecule has 6 nitrogen and oxygen atoms in total. The average Bonchev–Trinajstić information content (AvgIpc) is 2.41. The molecule has 19 heavy (non-hydrogen) atoms. The minimum absolute atomic E-state index is 0.151. The molecule has 0 saturated carbocycles. The maximum atomic E-state index is 11.9. The van der Waals surface area contributed by atoms with Crippen LogP contribution in [0.4, 0.5) is 11.5 Å². The Balaban J connectivity index is 2.18. The van der Waals surface area contributed by atoms with Gasteiger partial charge in [0, 0.05) is 6.07 Å². The zero-order chi connectivity index (χ0) is 13.8. The third-order valence-corrected chi connectivity index (χ3v) is 2.49. The summed E-state index contributed by atoms with van der Waals surface area (Å²) in [6.45, 7) is 0. The van der Waals surface area contributed by atoms with E-state index in [9.17, 15) is 9.90 Å². The first kappa shape index (κ1) is 12.7. The second-order valence-electron chi connectivity index (χ2n) is 3.81. The van der Waals surface area contributed by atoms with Crippen LogP contribution in [0.15, 0.2) is 36.5 Å². The fourth-order valence-corrected chi connectivity index (χ4v) is 1.51. The number of rotatable bonds is 3.